The van der Waals surface area contributed by atoms with Gasteiger partial charge < -0.3 is 45.0 Å². The third-order valence-corrected chi connectivity index (χ3v) is 6.18. The van der Waals surface area contributed by atoms with E-state index in [0.717, 1.165) is 0 Å². The molecule has 0 fully saturated rings. The molecule has 0 aromatic heterocycles. The summed E-state index contributed by atoms with van der Waals surface area (Å²) in [6.07, 6.45) is -0.954. The molecule has 9 nitrogen and oxygen atoms in total. The normalized spacial score (nSPS) is 10.0. The minimum absolute atomic E-state index is 0. The number of carbonyl (C=O) groups excluding carboxylic acids is 3. The predicted molar refractivity (Wildman–Crippen MR) is 117 cm³/mol. The summed E-state index contributed by atoms with van der Waals surface area (Å²) in [5, 5.41) is 55.6. The van der Waals surface area contributed by atoms with E-state index in [2.05, 4.69) is 13.8 Å². The second-order valence-corrected chi connectivity index (χ2v) is 17.3. The van der Waals surface area contributed by atoms with Crippen LogP contribution in [0.4, 0.5) is 0 Å². The topological polar surface area (TPSA) is 181 Å². The van der Waals surface area contributed by atoms with Crippen LogP contribution in [-0.4, -0.2) is 63.9 Å². The number of carbonyl (C=O) groups is 3. The molecule has 33 heavy (non-hydrogen) atoms. The van der Waals surface area contributed by atoms with Crippen LogP contribution >= 0.6 is 104 Å². The van der Waals surface area contributed by atoms with Crippen LogP contribution in [0.3, 0.4) is 0 Å². The smallest absolute Gasteiger partial charge is 0.545 e. The summed E-state index contributed by atoms with van der Waals surface area (Å²) in [6, 6.07) is 0. The van der Waals surface area contributed by atoms with Crippen molar-refractivity contribution in [2.75, 3.05) is 13.2 Å². The van der Waals surface area contributed by atoms with E-state index in [0.29, 0.717) is 0 Å². The molecule has 0 aromatic carbocycles. The first kappa shape index (κ1) is 48.7. The number of carboxylic acid groups (broad SMARTS) is 3. The monoisotopic (exact) mass is 786 g/mol. The Morgan fingerprint density at radius 3 is 0.848 bits per heavy atom. The van der Waals surface area contributed by atoms with Crippen LogP contribution < -0.4 is 15.3 Å². The average Bonchev–Trinajstić information content (AvgIpc) is 2.61. The molecule has 0 aliphatic carbocycles. The van der Waals surface area contributed by atoms with Crippen LogP contribution in [0.25, 0.3) is 0 Å². The average molecular weight is 792 g/mol. The van der Waals surface area contributed by atoms with Gasteiger partial charge in [-0.05, 0) is 0 Å². The molecule has 0 aliphatic heterocycles. The Labute approximate surface area is 268 Å². The minimum Gasteiger partial charge on any atom is -0.545 e. The second kappa shape index (κ2) is 27.7. The fourth-order valence-corrected chi connectivity index (χ4v) is 1.89. The number of halogens is 9. The van der Waals surface area contributed by atoms with E-state index in [4.69, 9.17) is 120 Å². The Morgan fingerprint density at radius 2 is 0.848 bits per heavy atom. The maximum Gasteiger partial charge on any atom is 3.00 e. The third kappa shape index (κ3) is 52.0. The molecule has 0 heterocycles. The number of aliphatic hydroxyl groups excluding tert-OH is 3. The third-order valence-electron chi connectivity index (χ3n) is 1.82. The van der Waals surface area contributed by atoms with Crippen molar-refractivity contribution in [3.63, 3.8) is 0 Å². The van der Waals surface area contributed by atoms with Gasteiger partial charge in [-0.2, -0.15) is 0 Å². The van der Waals surface area contributed by atoms with Crippen LogP contribution in [0, 0.1) is 0 Å². The van der Waals surface area contributed by atoms with Gasteiger partial charge in [0.25, 0.3) is 0 Å². The van der Waals surface area contributed by atoms with Crippen LogP contribution in [0.2, 0.25) is 10.0 Å². The maximum absolute atomic E-state index is 9.51. The fraction of sp³-hybridized carbons (Fsp3) is 0.769. The molecule has 0 atom stereocenters. The molecule has 20 heteroatoms. The van der Waals surface area contributed by atoms with Crippen molar-refractivity contribution in [3.05, 3.63) is 0 Å². The fourth-order valence-electron chi connectivity index (χ4n) is 0.411. The van der Waals surface area contributed by atoms with Crippen LogP contribution in [0.15, 0.2) is 0 Å². The van der Waals surface area contributed by atoms with E-state index in [1.165, 1.54) is 10.0 Å². The van der Waals surface area contributed by atoms with E-state index in [9.17, 15) is 29.7 Å². The summed E-state index contributed by atoms with van der Waals surface area (Å²) in [7, 11) is 0. The number of alkyl halides is 9. The first-order chi connectivity index (χ1) is 14.1. The summed E-state index contributed by atoms with van der Waals surface area (Å²) >= 11 is 42.7. The van der Waals surface area contributed by atoms with Gasteiger partial charge in [0.05, 0.1) is 31.1 Å². The van der Waals surface area contributed by atoms with Crippen molar-refractivity contribution in [1.29, 1.82) is 0 Å². The van der Waals surface area contributed by atoms with E-state index in [-0.39, 0.29) is 63.0 Å². The molecule has 0 rings (SSSR count). The summed E-state index contributed by atoms with van der Waals surface area (Å²) in [4.78, 5) is 28.5. The Hall–Kier alpha value is 2.63. The van der Waals surface area contributed by atoms with Gasteiger partial charge in [0.15, 0.2) is 0 Å². The molecule has 0 bridgehead atoms. The van der Waals surface area contributed by atoms with Crippen molar-refractivity contribution < 1.29 is 94.9 Å². The standard InChI is InChI=1S/C3H8O3.3C2HCl3O2.2C2H5.Y.Zn/c4-1-3(6)2-5;3*3-2(4,5)1(6)7;2*1-2;;/h3-6H,1-2H2;3*(H,6,7);2*1H2,2H3;;/q;;;;;;+3;/p-3. The molecule has 192 valence electrons. The van der Waals surface area contributed by atoms with E-state index in [1.807, 2.05) is 0 Å². The SMILES string of the molecule is C[CH2][Zn][CH2]C.O=C([O-])C(Cl)(Cl)Cl.O=C([O-])C(Cl)(Cl)Cl.O=C([O-])C(Cl)(Cl)Cl.OCC(O)CO.[Y+3]. The molecule has 0 aromatic rings. The number of aliphatic hydroxyl groups is 3. The van der Waals surface area contributed by atoms with Crippen molar-refractivity contribution >= 4 is 122 Å². The molecular weight excluding hydrogens is 774 g/mol. The first-order valence-corrected chi connectivity index (χ1v) is 15.4. The molecule has 0 saturated heterocycles. The zero-order valence-corrected chi connectivity index (χ0v) is 29.5. The van der Waals surface area contributed by atoms with Gasteiger partial charge in [-0.1, -0.05) is 104 Å². The van der Waals surface area contributed by atoms with Gasteiger partial charge in [0.1, 0.15) is 6.10 Å². The second-order valence-electron chi connectivity index (χ2n) is 4.73. The van der Waals surface area contributed by atoms with E-state index in [1.54, 1.807) is 0 Å². The molecule has 0 aliphatic rings. The Balaban J connectivity index is -0.0000000689. The van der Waals surface area contributed by atoms with Crippen LogP contribution in [-0.2, 0) is 64.2 Å². The summed E-state index contributed by atoms with van der Waals surface area (Å²) in [5.74, 6) is -5.13. The number of aliphatic carboxylic acids is 3. The van der Waals surface area contributed by atoms with Gasteiger partial charge in [0, 0.05) is 0 Å². The van der Waals surface area contributed by atoms with Gasteiger partial charge in [-0.15, -0.1) is 0 Å². The van der Waals surface area contributed by atoms with E-state index >= 15 is 0 Å². The van der Waals surface area contributed by atoms with Crippen molar-refractivity contribution in [3.8, 4) is 0 Å². The maximum atomic E-state index is 9.51. The van der Waals surface area contributed by atoms with Crippen molar-refractivity contribution in [2.45, 2.75) is 41.4 Å². The number of rotatable bonds is 4. The summed E-state index contributed by atoms with van der Waals surface area (Å²) < 4.78 is -6.83. The summed E-state index contributed by atoms with van der Waals surface area (Å²) in [6.45, 7) is 3.86. The van der Waals surface area contributed by atoms with Gasteiger partial charge in [-0.3, -0.25) is 0 Å². The van der Waals surface area contributed by atoms with Crippen LogP contribution in [0.1, 0.15) is 13.8 Å². The minimum atomic E-state index is -2.28. The molecule has 0 radical (unpaired) electrons. The van der Waals surface area contributed by atoms with Gasteiger partial charge in [-0.25, -0.2) is 0 Å². The molecule has 0 saturated carbocycles. The number of hydrogen-bond acceptors (Lipinski definition) is 9. The predicted octanol–water partition coefficient (Wildman–Crippen LogP) is 0.594. The summed E-state index contributed by atoms with van der Waals surface area (Å²) in [5.41, 5.74) is 0. The largest absolute Gasteiger partial charge is 3.00 e. The first-order valence-electron chi connectivity index (χ1n) is 7.80. The van der Waals surface area contributed by atoms with Crippen molar-refractivity contribution in [1.82, 2.24) is 0 Å². The quantitative estimate of drug-likeness (QED) is 0.272. The molecule has 3 N–H and O–H groups in total. The Kier molecular flexibility index (Phi) is 40.8. The van der Waals surface area contributed by atoms with Crippen molar-refractivity contribution in [2.24, 2.45) is 0 Å². The Bertz CT molecular complexity index is 438. The van der Waals surface area contributed by atoms with Crippen LogP contribution in [0.5, 0.6) is 0 Å². The van der Waals surface area contributed by atoms with Gasteiger partial charge in [0.2, 0.25) is 11.4 Å². The van der Waals surface area contributed by atoms with Gasteiger partial charge >= 0.3 is 73.7 Å². The number of hydrogen-bond donors (Lipinski definition) is 3. The molecule has 0 unspecified atom stereocenters. The zero-order chi connectivity index (χ0) is 27.3. The molecular formula is C13H18Cl9O9YZn. The zero-order valence-electron chi connectivity index (χ0n) is 16.9. The Morgan fingerprint density at radius 1 is 0.697 bits per heavy atom. The molecule has 0 spiro atoms. The molecule has 0 amide bonds. The van der Waals surface area contributed by atoms with E-state index < -0.39 is 35.4 Å². The number of carboxylic acids is 3.